The van der Waals surface area contributed by atoms with Gasteiger partial charge in [0.1, 0.15) is 0 Å². The third-order valence-electron chi connectivity index (χ3n) is 1.49. The van der Waals surface area contributed by atoms with Gasteiger partial charge in [-0.15, -0.1) is 0 Å². The predicted octanol–water partition coefficient (Wildman–Crippen LogP) is -3.92. The van der Waals surface area contributed by atoms with Crippen LogP contribution < -0.4 is 74.7 Å². The van der Waals surface area contributed by atoms with Crippen molar-refractivity contribution in [1.29, 1.82) is 0 Å². The molecule has 0 aliphatic heterocycles. The summed E-state index contributed by atoms with van der Waals surface area (Å²) in [5.41, 5.74) is 0. The number of hydrogen-bond donors (Lipinski definition) is 0. The molecule has 2 rings (SSSR count). The minimum absolute atomic E-state index is 0. The first-order chi connectivity index (χ1) is 6.79. The van der Waals surface area contributed by atoms with Gasteiger partial charge in [0.25, 0.3) is 0 Å². The van der Waals surface area contributed by atoms with E-state index < -0.39 is 0 Å². The van der Waals surface area contributed by atoms with Gasteiger partial charge in [-0.05, 0) is 0 Å². The SMILES string of the molecule is [K+].[Li+].[S-]c1ccccc1.[Se-]c1ccccc1. The van der Waals surface area contributed by atoms with E-state index in [9.17, 15) is 0 Å². The third-order valence-corrected chi connectivity index (χ3v) is 2.33. The number of hydrogen-bond acceptors (Lipinski definition) is 1. The molecule has 0 nitrogen and oxygen atoms in total. The van der Waals surface area contributed by atoms with Crippen LogP contribution in [0.4, 0.5) is 0 Å². The van der Waals surface area contributed by atoms with Crippen LogP contribution in [-0.4, -0.2) is 16.0 Å². The van der Waals surface area contributed by atoms with E-state index in [0.717, 1.165) is 4.90 Å². The normalized spacial score (nSPS) is 7.50. The van der Waals surface area contributed by atoms with Crippen LogP contribution in [0.25, 0.3) is 0 Å². The van der Waals surface area contributed by atoms with Crippen LogP contribution in [0.15, 0.2) is 65.6 Å². The zero-order valence-electron chi connectivity index (χ0n) is 9.59. The zero-order chi connectivity index (χ0) is 10.2. The van der Waals surface area contributed by atoms with Gasteiger partial charge in [0.15, 0.2) is 0 Å². The zero-order valence-corrected chi connectivity index (χ0v) is 15.2. The summed E-state index contributed by atoms with van der Waals surface area (Å²) in [7, 11) is 0. The van der Waals surface area contributed by atoms with Gasteiger partial charge in [-0.25, -0.2) is 0 Å². The average Bonchev–Trinajstić information content (AvgIpc) is 2.21. The predicted molar refractivity (Wildman–Crippen MR) is 63.9 cm³/mol. The Kier molecular flexibility index (Phi) is 15.9. The molecule has 0 amide bonds. The number of rotatable bonds is 0. The molecule has 0 fully saturated rings. The average molecular weight is 311 g/mol. The van der Waals surface area contributed by atoms with E-state index in [2.05, 4.69) is 16.0 Å². The van der Waals surface area contributed by atoms with Crippen LogP contribution in [-0.2, 0) is 12.6 Å². The standard InChI is InChI=1S/C6H6S.C6H6Se.K.Li/c2*7-6-4-2-1-3-5-6;;/h2*1-5,7H;;/q;;2*+1/p-2. The maximum atomic E-state index is 4.81. The summed E-state index contributed by atoms with van der Waals surface area (Å²) in [5, 5.41) is 0. The maximum absolute atomic E-state index is 4.81. The van der Waals surface area contributed by atoms with Gasteiger partial charge >= 0.3 is 121 Å². The van der Waals surface area contributed by atoms with Crippen molar-refractivity contribution in [1.82, 2.24) is 0 Å². The molecule has 0 heterocycles. The summed E-state index contributed by atoms with van der Waals surface area (Å²) in [6, 6.07) is 19.7. The molecule has 0 unspecified atom stereocenters. The molecule has 72 valence electrons. The summed E-state index contributed by atoms with van der Waals surface area (Å²) in [6.45, 7) is 0. The van der Waals surface area contributed by atoms with E-state index in [0.29, 0.717) is 0 Å². The Morgan fingerprint density at radius 2 is 1.12 bits per heavy atom. The van der Waals surface area contributed by atoms with E-state index in [1.165, 1.54) is 4.46 Å². The van der Waals surface area contributed by atoms with E-state index in [1.807, 2.05) is 60.7 Å². The number of benzene rings is 2. The first kappa shape index (κ1) is 19.7. The van der Waals surface area contributed by atoms with Crippen LogP contribution in [0.1, 0.15) is 0 Å². The Bertz CT molecular complexity index is 318. The molecule has 2 aromatic rings. The summed E-state index contributed by atoms with van der Waals surface area (Å²) >= 11 is 7.71. The molecule has 16 heavy (non-hydrogen) atoms. The van der Waals surface area contributed by atoms with Crippen molar-refractivity contribution in [3.63, 3.8) is 0 Å². The van der Waals surface area contributed by atoms with Crippen LogP contribution in [0.5, 0.6) is 0 Å². The fourth-order valence-corrected chi connectivity index (χ4v) is 1.33. The van der Waals surface area contributed by atoms with Crippen molar-refractivity contribution in [2.75, 3.05) is 0 Å². The third kappa shape index (κ3) is 10.6. The Labute approximate surface area is 166 Å². The van der Waals surface area contributed by atoms with Crippen molar-refractivity contribution < 1.29 is 70.2 Å². The molecule has 0 atom stereocenters. The molecule has 2 aromatic carbocycles. The molecule has 0 saturated carbocycles. The van der Waals surface area contributed by atoms with Gasteiger partial charge in [-0.3, -0.25) is 0 Å². The molecule has 0 aromatic heterocycles. The summed E-state index contributed by atoms with van der Waals surface area (Å²) in [4.78, 5) is 0.905. The van der Waals surface area contributed by atoms with Crippen LogP contribution in [0.2, 0.25) is 0 Å². The summed E-state index contributed by atoms with van der Waals surface area (Å²) < 4.78 is 1.20. The Morgan fingerprint density at radius 1 is 0.750 bits per heavy atom. The Morgan fingerprint density at radius 3 is 1.31 bits per heavy atom. The topological polar surface area (TPSA) is 0 Å². The fourth-order valence-electron chi connectivity index (χ4n) is 0.841. The minimum atomic E-state index is 0. The van der Waals surface area contributed by atoms with Crippen molar-refractivity contribution >= 4 is 33.1 Å². The monoisotopic (exact) mass is 312 g/mol. The Hall–Kier alpha value is 1.41. The van der Waals surface area contributed by atoms with Crippen molar-refractivity contribution in [2.45, 2.75) is 4.90 Å². The van der Waals surface area contributed by atoms with E-state index in [4.69, 9.17) is 12.6 Å². The summed E-state index contributed by atoms with van der Waals surface area (Å²) in [5.74, 6) is 0. The van der Waals surface area contributed by atoms with Gasteiger partial charge in [0.05, 0.1) is 0 Å². The van der Waals surface area contributed by atoms with Crippen LogP contribution in [0, 0.1) is 0 Å². The second kappa shape index (κ2) is 12.9. The second-order valence-corrected chi connectivity index (χ2v) is 4.09. The molecule has 0 radical (unpaired) electrons. The molecule has 0 aliphatic rings. The van der Waals surface area contributed by atoms with E-state index in [1.54, 1.807) is 0 Å². The van der Waals surface area contributed by atoms with Crippen molar-refractivity contribution in [2.24, 2.45) is 0 Å². The molecule has 0 N–H and O–H groups in total. The van der Waals surface area contributed by atoms with Crippen LogP contribution in [0.3, 0.4) is 0 Å². The van der Waals surface area contributed by atoms with E-state index >= 15 is 0 Å². The van der Waals surface area contributed by atoms with Gasteiger partial charge in [0.2, 0.25) is 0 Å². The van der Waals surface area contributed by atoms with Gasteiger partial charge < -0.3 is 12.6 Å². The van der Waals surface area contributed by atoms with Crippen LogP contribution >= 0.6 is 0 Å². The molecular weight excluding hydrogens is 301 g/mol. The molecule has 0 saturated heterocycles. The molecule has 0 spiro atoms. The second-order valence-electron chi connectivity index (χ2n) is 2.63. The first-order valence-electron chi connectivity index (χ1n) is 4.23. The van der Waals surface area contributed by atoms with Crippen molar-refractivity contribution in [3.05, 3.63) is 60.7 Å². The van der Waals surface area contributed by atoms with Crippen molar-refractivity contribution in [3.8, 4) is 0 Å². The van der Waals surface area contributed by atoms with Gasteiger partial charge in [-0.1, -0.05) is 30.3 Å². The van der Waals surface area contributed by atoms with E-state index in [-0.39, 0.29) is 70.2 Å². The molecule has 4 heteroatoms. The van der Waals surface area contributed by atoms with Gasteiger partial charge in [-0.2, -0.15) is 4.90 Å². The fraction of sp³-hybridized carbons (Fsp3) is 0. The van der Waals surface area contributed by atoms with Gasteiger partial charge in [0, 0.05) is 0 Å². The summed E-state index contributed by atoms with van der Waals surface area (Å²) in [6.07, 6.45) is 0. The molecule has 0 aliphatic carbocycles. The quantitative estimate of drug-likeness (QED) is 0.354. The molecule has 0 bridgehead atoms. The Balaban J connectivity index is 0. The molecular formula is C12H10KLiSSe. The first-order valence-corrected chi connectivity index (χ1v) is 5.49.